The van der Waals surface area contributed by atoms with Crippen LogP contribution < -0.4 is 5.32 Å². The van der Waals surface area contributed by atoms with Crippen molar-refractivity contribution in [1.29, 1.82) is 0 Å². The molecule has 0 saturated carbocycles. The highest BCUT2D eigenvalue weighted by molar-refractivity contribution is 9.10. The van der Waals surface area contributed by atoms with Gasteiger partial charge in [-0.2, -0.15) is 0 Å². The number of ether oxygens (including phenoxy) is 4. The minimum atomic E-state index is 0.212. The van der Waals surface area contributed by atoms with Crippen LogP contribution in [0.2, 0.25) is 0 Å². The van der Waals surface area contributed by atoms with Gasteiger partial charge in [0.05, 0.1) is 38.6 Å². The Kier molecular flexibility index (Phi) is 10.7. The zero-order valence-corrected chi connectivity index (χ0v) is 17.4. The normalized spacial score (nSPS) is 24.0. The predicted octanol–water partition coefficient (Wildman–Crippen LogP) is 1.92. The van der Waals surface area contributed by atoms with Gasteiger partial charge in [-0.1, -0.05) is 28.1 Å². The van der Waals surface area contributed by atoms with E-state index in [-0.39, 0.29) is 12.2 Å². The summed E-state index contributed by atoms with van der Waals surface area (Å²) in [6, 6.07) is 8.49. The van der Waals surface area contributed by atoms with Gasteiger partial charge in [0.2, 0.25) is 0 Å². The molecule has 3 rings (SSSR count). The fourth-order valence-electron chi connectivity index (χ4n) is 2.97. The van der Waals surface area contributed by atoms with Crippen LogP contribution in [0.4, 0.5) is 0 Å². The summed E-state index contributed by atoms with van der Waals surface area (Å²) >= 11 is 3.45. The van der Waals surface area contributed by atoms with Gasteiger partial charge in [0.15, 0.2) is 0 Å². The lowest BCUT2D eigenvalue weighted by Gasteiger charge is -2.32. The molecule has 0 aromatic heterocycles. The van der Waals surface area contributed by atoms with Crippen molar-refractivity contribution in [3.8, 4) is 0 Å². The summed E-state index contributed by atoms with van der Waals surface area (Å²) in [4.78, 5) is 2.41. The number of rotatable bonds is 6. The molecule has 2 unspecified atom stereocenters. The molecule has 1 aromatic rings. The fraction of sp³-hybridized carbons (Fsp3) is 0.684. The first-order chi connectivity index (χ1) is 12.7. The Balaban J connectivity index is 0.000000228. The van der Waals surface area contributed by atoms with E-state index in [9.17, 15) is 0 Å². The molecule has 0 aliphatic carbocycles. The van der Waals surface area contributed by atoms with Gasteiger partial charge in [-0.3, -0.25) is 4.90 Å². The van der Waals surface area contributed by atoms with Gasteiger partial charge >= 0.3 is 0 Å². The zero-order chi connectivity index (χ0) is 18.6. The highest BCUT2D eigenvalue weighted by Crippen LogP contribution is 2.14. The smallest absolute Gasteiger partial charge is 0.0935 e. The van der Waals surface area contributed by atoms with Crippen molar-refractivity contribution < 1.29 is 18.9 Å². The van der Waals surface area contributed by atoms with Crippen LogP contribution in [0.25, 0.3) is 0 Å². The van der Waals surface area contributed by atoms with Crippen LogP contribution >= 0.6 is 15.9 Å². The van der Waals surface area contributed by atoms with Gasteiger partial charge in [-0.25, -0.2) is 0 Å². The molecular formula is C19H31BrN2O4. The van der Waals surface area contributed by atoms with Crippen LogP contribution in [0.1, 0.15) is 5.56 Å². The topological polar surface area (TPSA) is 52.2 Å². The maximum atomic E-state index is 5.63. The van der Waals surface area contributed by atoms with E-state index in [0.717, 1.165) is 50.4 Å². The molecule has 2 fully saturated rings. The molecule has 7 heteroatoms. The maximum absolute atomic E-state index is 5.63. The molecule has 0 bridgehead atoms. The first-order valence-corrected chi connectivity index (χ1v) is 9.89. The minimum absolute atomic E-state index is 0.212. The van der Waals surface area contributed by atoms with Crippen molar-refractivity contribution in [3.63, 3.8) is 0 Å². The molecule has 2 atom stereocenters. The van der Waals surface area contributed by atoms with Crippen molar-refractivity contribution in [2.75, 3.05) is 66.8 Å². The van der Waals surface area contributed by atoms with E-state index in [1.54, 1.807) is 14.2 Å². The van der Waals surface area contributed by atoms with Gasteiger partial charge in [0.1, 0.15) is 0 Å². The van der Waals surface area contributed by atoms with Gasteiger partial charge in [-0.05, 0) is 17.7 Å². The van der Waals surface area contributed by atoms with Crippen LogP contribution in [0.5, 0.6) is 0 Å². The summed E-state index contributed by atoms with van der Waals surface area (Å²) < 4.78 is 22.1. The van der Waals surface area contributed by atoms with Crippen LogP contribution in [0.15, 0.2) is 28.7 Å². The van der Waals surface area contributed by atoms with E-state index in [2.05, 4.69) is 50.4 Å². The van der Waals surface area contributed by atoms with Gasteiger partial charge in [-0.15, -0.1) is 0 Å². The number of hydrogen-bond donors (Lipinski definition) is 1. The second-order valence-corrected chi connectivity index (χ2v) is 7.38. The Bertz CT molecular complexity index is 478. The number of benzene rings is 1. The number of morpholine rings is 2. The fourth-order valence-corrected chi connectivity index (χ4v) is 3.24. The van der Waals surface area contributed by atoms with Crippen LogP contribution in [-0.2, 0) is 25.5 Å². The van der Waals surface area contributed by atoms with E-state index >= 15 is 0 Å². The van der Waals surface area contributed by atoms with Gasteiger partial charge < -0.3 is 24.3 Å². The number of halogens is 1. The lowest BCUT2D eigenvalue weighted by atomic mass is 10.2. The second kappa shape index (κ2) is 12.8. The highest BCUT2D eigenvalue weighted by Gasteiger charge is 2.20. The van der Waals surface area contributed by atoms with Crippen LogP contribution in [0.3, 0.4) is 0 Å². The lowest BCUT2D eigenvalue weighted by molar-refractivity contribution is -0.0631. The van der Waals surface area contributed by atoms with Crippen molar-refractivity contribution in [2.24, 2.45) is 0 Å². The Hall–Kier alpha value is -0.540. The third-order valence-electron chi connectivity index (χ3n) is 4.25. The molecule has 2 saturated heterocycles. The summed E-state index contributed by atoms with van der Waals surface area (Å²) in [7, 11) is 3.41. The molecule has 2 aliphatic rings. The van der Waals surface area contributed by atoms with Crippen LogP contribution in [-0.4, -0.2) is 83.9 Å². The zero-order valence-electron chi connectivity index (χ0n) is 15.8. The van der Waals surface area contributed by atoms with Crippen LogP contribution in [0, 0.1) is 0 Å². The molecule has 6 nitrogen and oxygen atoms in total. The van der Waals surface area contributed by atoms with Crippen molar-refractivity contribution >= 4 is 15.9 Å². The third kappa shape index (κ3) is 8.43. The van der Waals surface area contributed by atoms with E-state index in [0.29, 0.717) is 13.2 Å². The number of hydrogen-bond acceptors (Lipinski definition) is 6. The summed E-state index contributed by atoms with van der Waals surface area (Å²) in [5.74, 6) is 0. The van der Waals surface area contributed by atoms with Gasteiger partial charge in [0, 0.05) is 51.4 Å². The van der Waals surface area contributed by atoms with Crippen molar-refractivity contribution in [1.82, 2.24) is 10.2 Å². The van der Waals surface area contributed by atoms with E-state index in [4.69, 9.17) is 18.9 Å². The van der Waals surface area contributed by atoms with Gasteiger partial charge in [0.25, 0.3) is 0 Å². The Morgan fingerprint density at radius 2 is 1.77 bits per heavy atom. The third-order valence-corrected chi connectivity index (χ3v) is 4.78. The molecule has 148 valence electrons. The average Bonchev–Trinajstić information content (AvgIpc) is 2.66. The monoisotopic (exact) mass is 430 g/mol. The quantitative estimate of drug-likeness (QED) is 0.743. The lowest BCUT2D eigenvalue weighted by Crippen LogP contribution is -2.43. The first-order valence-electron chi connectivity index (χ1n) is 9.10. The first kappa shape index (κ1) is 21.8. The SMILES string of the molecule is COCC1CN(Cc2ccc(Br)cc2)CCO1.COCC1CNCCO1. The Labute approximate surface area is 165 Å². The van der Waals surface area contributed by atoms with Crippen molar-refractivity contribution in [2.45, 2.75) is 18.8 Å². The number of nitrogens with one attached hydrogen (secondary N) is 1. The molecule has 2 aliphatic heterocycles. The molecule has 0 spiro atoms. The summed E-state index contributed by atoms with van der Waals surface area (Å²) in [5.41, 5.74) is 1.34. The summed E-state index contributed by atoms with van der Waals surface area (Å²) in [5, 5.41) is 3.21. The maximum Gasteiger partial charge on any atom is 0.0935 e. The number of methoxy groups -OCH3 is 2. The largest absolute Gasteiger partial charge is 0.382 e. The second-order valence-electron chi connectivity index (χ2n) is 6.46. The Morgan fingerprint density at radius 1 is 1.08 bits per heavy atom. The molecular weight excluding hydrogens is 400 g/mol. The molecule has 0 radical (unpaired) electrons. The molecule has 1 N–H and O–H groups in total. The Morgan fingerprint density at radius 3 is 2.42 bits per heavy atom. The van der Waals surface area contributed by atoms with E-state index < -0.39 is 0 Å². The van der Waals surface area contributed by atoms with Crippen molar-refractivity contribution in [3.05, 3.63) is 34.3 Å². The van der Waals surface area contributed by atoms with E-state index in [1.165, 1.54) is 5.56 Å². The molecule has 0 amide bonds. The predicted molar refractivity (Wildman–Crippen MR) is 106 cm³/mol. The highest BCUT2D eigenvalue weighted by atomic mass is 79.9. The molecule has 1 aromatic carbocycles. The summed E-state index contributed by atoms with van der Waals surface area (Å²) in [6.45, 7) is 7.81. The molecule has 2 heterocycles. The average molecular weight is 431 g/mol. The molecule has 26 heavy (non-hydrogen) atoms. The van der Waals surface area contributed by atoms with E-state index in [1.807, 2.05) is 0 Å². The summed E-state index contributed by atoms with van der Waals surface area (Å²) in [6.07, 6.45) is 0.480. The standard InChI is InChI=1S/C13H18BrNO2.C6H13NO2/c1-16-10-13-9-15(6-7-17-13)8-11-2-4-12(14)5-3-11;1-8-5-6-4-7-2-3-9-6/h2-5,13H,6-10H2,1H3;6-7H,2-5H2,1H3. The number of nitrogens with zero attached hydrogens (tertiary/aromatic N) is 1. The minimum Gasteiger partial charge on any atom is -0.382 e.